The summed E-state index contributed by atoms with van der Waals surface area (Å²) < 4.78 is 10.3. The maximum absolute atomic E-state index is 12.0. The molecule has 4 N–H and O–H groups in total. The Morgan fingerprint density at radius 2 is 2.06 bits per heavy atom. The summed E-state index contributed by atoms with van der Waals surface area (Å²) in [4.78, 5) is 23.2. The molecule has 4 unspecified atom stereocenters. The van der Waals surface area contributed by atoms with Crippen LogP contribution in [-0.4, -0.2) is 55.5 Å². The highest BCUT2D eigenvalue weighted by Gasteiger charge is 2.48. The van der Waals surface area contributed by atoms with Crippen LogP contribution in [0.1, 0.15) is 6.92 Å². The minimum Gasteiger partial charge on any atom is -0.481 e. The third-order valence-electron chi connectivity index (χ3n) is 3.72. The summed E-state index contributed by atoms with van der Waals surface area (Å²) in [6.07, 6.45) is 0. The predicted octanol–water partition coefficient (Wildman–Crippen LogP) is -1.43. The summed E-state index contributed by atoms with van der Waals surface area (Å²) in [5.41, 5.74) is 4.66. The summed E-state index contributed by atoms with van der Waals surface area (Å²) in [5.74, 6) is -1.65. The van der Waals surface area contributed by atoms with Gasteiger partial charge in [0.1, 0.15) is 5.41 Å². The Balaban J connectivity index is 2.00. The summed E-state index contributed by atoms with van der Waals surface area (Å²) >= 11 is 0. The lowest BCUT2D eigenvalue weighted by Gasteiger charge is -2.27. The van der Waals surface area contributed by atoms with Gasteiger partial charge in [-0.3, -0.25) is 9.59 Å². The fraction of sp³-hybridized carbons (Fsp3) is 0.818. The van der Waals surface area contributed by atoms with Crippen molar-refractivity contribution in [3.63, 3.8) is 0 Å². The van der Waals surface area contributed by atoms with E-state index in [1.54, 1.807) is 6.92 Å². The molecule has 2 heterocycles. The molecule has 2 saturated heterocycles. The van der Waals surface area contributed by atoms with Crippen LogP contribution in [-0.2, 0) is 19.1 Å². The van der Waals surface area contributed by atoms with Crippen LogP contribution in [0.25, 0.3) is 0 Å². The zero-order valence-corrected chi connectivity index (χ0v) is 10.2. The van der Waals surface area contributed by atoms with Gasteiger partial charge in [0.25, 0.3) is 0 Å². The lowest BCUT2D eigenvalue weighted by atomic mass is 9.85. The molecule has 0 bridgehead atoms. The van der Waals surface area contributed by atoms with Crippen molar-refractivity contribution in [2.75, 3.05) is 26.4 Å². The van der Waals surface area contributed by atoms with E-state index >= 15 is 0 Å². The van der Waals surface area contributed by atoms with Crippen LogP contribution in [0.4, 0.5) is 0 Å². The Kier molecular flexibility index (Phi) is 3.56. The van der Waals surface area contributed by atoms with E-state index in [0.717, 1.165) is 0 Å². The first-order valence-corrected chi connectivity index (χ1v) is 5.90. The Labute approximate surface area is 105 Å². The first-order chi connectivity index (χ1) is 8.45. The average molecular weight is 258 g/mol. The number of aliphatic carboxylic acids is 1. The first kappa shape index (κ1) is 13.3. The summed E-state index contributed by atoms with van der Waals surface area (Å²) in [6.45, 7) is 2.51. The summed E-state index contributed by atoms with van der Waals surface area (Å²) in [7, 11) is 0. The molecule has 2 aliphatic heterocycles. The predicted molar refractivity (Wildman–Crippen MR) is 60.8 cm³/mol. The van der Waals surface area contributed by atoms with E-state index in [0.29, 0.717) is 6.61 Å². The molecule has 2 rings (SSSR count). The number of carbonyl (C=O) groups is 2. The second-order valence-corrected chi connectivity index (χ2v) is 5.11. The minimum atomic E-state index is -1.08. The highest BCUT2D eigenvalue weighted by molar-refractivity contribution is 5.82. The standard InChI is InChI=1S/C11H18N2O5/c1-11(10(15)16)5-18-4-8(11)13-9(14)6-2-17-3-7(6)12/h6-8H,2-5,12H2,1H3,(H,13,14)(H,15,16). The van der Waals surface area contributed by atoms with Crippen molar-refractivity contribution >= 4 is 11.9 Å². The third kappa shape index (κ3) is 2.21. The van der Waals surface area contributed by atoms with Crippen LogP contribution in [0.5, 0.6) is 0 Å². The number of amides is 1. The van der Waals surface area contributed by atoms with Gasteiger partial charge in [-0.2, -0.15) is 0 Å². The van der Waals surface area contributed by atoms with E-state index in [9.17, 15) is 14.7 Å². The number of carbonyl (C=O) groups excluding carboxylic acids is 1. The molecule has 7 heteroatoms. The molecule has 7 nitrogen and oxygen atoms in total. The first-order valence-electron chi connectivity index (χ1n) is 5.90. The van der Waals surface area contributed by atoms with Crippen molar-refractivity contribution in [2.45, 2.75) is 19.0 Å². The smallest absolute Gasteiger partial charge is 0.313 e. The van der Waals surface area contributed by atoms with Crippen LogP contribution in [0.2, 0.25) is 0 Å². The number of hydrogen-bond donors (Lipinski definition) is 3. The molecule has 2 aliphatic rings. The van der Waals surface area contributed by atoms with Crippen LogP contribution in [0.3, 0.4) is 0 Å². The fourth-order valence-corrected chi connectivity index (χ4v) is 2.20. The summed E-state index contributed by atoms with van der Waals surface area (Å²) in [6, 6.07) is -0.862. The zero-order valence-electron chi connectivity index (χ0n) is 10.2. The van der Waals surface area contributed by atoms with Crippen LogP contribution in [0.15, 0.2) is 0 Å². The molecular formula is C11H18N2O5. The van der Waals surface area contributed by atoms with E-state index in [4.69, 9.17) is 15.2 Å². The second kappa shape index (κ2) is 4.83. The van der Waals surface area contributed by atoms with Crippen LogP contribution >= 0.6 is 0 Å². The summed E-state index contributed by atoms with van der Waals surface area (Å²) in [5, 5.41) is 11.9. The second-order valence-electron chi connectivity index (χ2n) is 5.11. The monoisotopic (exact) mass is 258 g/mol. The van der Waals surface area contributed by atoms with Crippen LogP contribution in [0, 0.1) is 11.3 Å². The molecule has 0 aromatic heterocycles. The maximum atomic E-state index is 12.0. The third-order valence-corrected chi connectivity index (χ3v) is 3.72. The molecule has 1 amide bonds. The van der Waals surface area contributed by atoms with Gasteiger partial charge in [0, 0.05) is 6.04 Å². The number of carboxylic acid groups (broad SMARTS) is 1. The molecule has 0 spiro atoms. The molecular weight excluding hydrogens is 240 g/mol. The number of hydrogen-bond acceptors (Lipinski definition) is 5. The molecule has 102 valence electrons. The lowest BCUT2D eigenvalue weighted by Crippen LogP contribution is -2.53. The van der Waals surface area contributed by atoms with Crippen LogP contribution < -0.4 is 11.1 Å². The maximum Gasteiger partial charge on any atom is 0.313 e. The Hall–Kier alpha value is -1.18. The number of rotatable bonds is 3. The van der Waals surface area contributed by atoms with Crippen molar-refractivity contribution in [1.82, 2.24) is 5.32 Å². The zero-order chi connectivity index (χ0) is 13.3. The number of ether oxygens (including phenoxy) is 2. The molecule has 0 aromatic carbocycles. The van der Waals surface area contributed by atoms with Gasteiger partial charge in [0.15, 0.2) is 0 Å². The van der Waals surface area contributed by atoms with Gasteiger partial charge in [0.05, 0.1) is 38.4 Å². The highest BCUT2D eigenvalue weighted by atomic mass is 16.5. The van der Waals surface area contributed by atoms with Gasteiger partial charge in [-0.1, -0.05) is 0 Å². The largest absolute Gasteiger partial charge is 0.481 e. The average Bonchev–Trinajstić information content (AvgIpc) is 2.87. The van der Waals surface area contributed by atoms with E-state index in [1.165, 1.54) is 0 Å². The lowest BCUT2D eigenvalue weighted by molar-refractivity contribution is -0.149. The van der Waals surface area contributed by atoms with E-state index < -0.39 is 23.3 Å². The van der Waals surface area contributed by atoms with E-state index in [-0.39, 0.29) is 31.8 Å². The molecule has 4 atom stereocenters. The quantitative estimate of drug-likeness (QED) is 0.572. The molecule has 0 saturated carbocycles. The van der Waals surface area contributed by atoms with Gasteiger partial charge in [-0.05, 0) is 6.92 Å². The molecule has 0 radical (unpaired) electrons. The van der Waals surface area contributed by atoms with Crippen molar-refractivity contribution in [1.29, 1.82) is 0 Å². The SMILES string of the molecule is CC1(C(=O)O)COCC1NC(=O)C1COCC1N. The number of nitrogens with two attached hydrogens (primary N) is 1. The molecule has 0 aliphatic carbocycles. The van der Waals surface area contributed by atoms with Crippen molar-refractivity contribution in [3.05, 3.63) is 0 Å². The highest BCUT2D eigenvalue weighted by Crippen LogP contribution is 2.29. The minimum absolute atomic E-state index is 0.0977. The Morgan fingerprint density at radius 1 is 1.33 bits per heavy atom. The number of carboxylic acids is 1. The number of nitrogens with one attached hydrogen (secondary N) is 1. The Bertz CT molecular complexity index is 361. The normalized spacial score (nSPS) is 39.8. The van der Waals surface area contributed by atoms with Crippen molar-refractivity contribution in [2.24, 2.45) is 17.1 Å². The van der Waals surface area contributed by atoms with Gasteiger partial charge in [-0.25, -0.2) is 0 Å². The fourth-order valence-electron chi connectivity index (χ4n) is 2.20. The van der Waals surface area contributed by atoms with Gasteiger partial charge in [-0.15, -0.1) is 0 Å². The molecule has 2 fully saturated rings. The van der Waals surface area contributed by atoms with E-state index in [2.05, 4.69) is 5.32 Å². The van der Waals surface area contributed by atoms with Crippen molar-refractivity contribution < 1.29 is 24.2 Å². The topological polar surface area (TPSA) is 111 Å². The Morgan fingerprint density at radius 3 is 2.61 bits per heavy atom. The van der Waals surface area contributed by atoms with Gasteiger partial charge < -0.3 is 25.6 Å². The van der Waals surface area contributed by atoms with Gasteiger partial charge in [0.2, 0.25) is 5.91 Å². The van der Waals surface area contributed by atoms with E-state index in [1.807, 2.05) is 0 Å². The van der Waals surface area contributed by atoms with Crippen molar-refractivity contribution in [3.8, 4) is 0 Å². The van der Waals surface area contributed by atoms with Gasteiger partial charge >= 0.3 is 5.97 Å². The molecule has 0 aromatic rings. The molecule has 18 heavy (non-hydrogen) atoms.